The van der Waals surface area contributed by atoms with Gasteiger partial charge in [0.05, 0.1) is 12.7 Å². The van der Waals surface area contributed by atoms with Gasteiger partial charge in [0.15, 0.2) is 0 Å². The van der Waals surface area contributed by atoms with E-state index in [1.54, 1.807) is 14.2 Å². The molecule has 0 amide bonds. The Morgan fingerprint density at radius 3 is 2.53 bits per heavy atom. The molecule has 1 atom stereocenters. The van der Waals surface area contributed by atoms with Gasteiger partial charge in [0, 0.05) is 13.2 Å². The topological polar surface area (TPSA) is 30.5 Å². The zero-order valence-corrected chi connectivity index (χ0v) is 11.4. The molecule has 0 aliphatic carbocycles. The van der Waals surface area contributed by atoms with E-state index >= 15 is 0 Å². The molecule has 0 bridgehead atoms. The lowest BCUT2D eigenvalue weighted by Crippen LogP contribution is -2.48. The highest BCUT2D eigenvalue weighted by Crippen LogP contribution is 2.20. The predicted molar refractivity (Wildman–Crippen MR) is 70.6 cm³/mol. The lowest BCUT2D eigenvalue weighted by Gasteiger charge is -2.33. The van der Waals surface area contributed by atoms with E-state index in [1.165, 1.54) is 5.56 Å². The van der Waals surface area contributed by atoms with E-state index in [-0.39, 0.29) is 11.6 Å². The fraction of sp³-hybridized carbons (Fsp3) is 0.571. The summed E-state index contributed by atoms with van der Waals surface area (Å²) >= 11 is 0. The molecule has 17 heavy (non-hydrogen) atoms. The largest absolute Gasteiger partial charge is 0.497 e. The second-order valence-electron chi connectivity index (χ2n) is 4.70. The Morgan fingerprint density at radius 1 is 1.29 bits per heavy atom. The SMILES string of the molecule is CNC(Cc1cccc(OC)c1)C(C)(C)OC. The maximum atomic E-state index is 5.53. The maximum absolute atomic E-state index is 5.53. The van der Waals surface area contributed by atoms with Gasteiger partial charge >= 0.3 is 0 Å². The van der Waals surface area contributed by atoms with Gasteiger partial charge in [0.2, 0.25) is 0 Å². The van der Waals surface area contributed by atoms with Crippen LogP contribution in [0.5, 0.6) is 5.75 Å². The Kier molecular flexibility index (Phi) is 4.97. The van der Waals surface area contributed by atoms with Crippen LogP contribution in [0.25, 0.3) is 0 Å². The summed E-state index contributed by atoms with van der Waals surface area (Å²) in [5, 5.41) is 3.31. The summed E-state index contributed by atoms with van der Waals surface area (Å²) in [5.74, 6) is 0.896. The highest BCUT2D eigenvalue weighted by molar-refractivity contribution is 5.29. The van der Waals surface area contributed by atoms with Crippen LogP contribution in [0.3, 0.4) is 0 Å². The molecular weight excluding hydrogens is 214 g/mol. The number of methoxy groups -OCH3 is 2. The monoisotopic (exact) mass is 237 g/mol. The van der Waals surface area contributed by atoms with Crippen LogP contribution in [-0.4, -0.2) is 32.9 Å². The van der Waals surface area contributed by atoms with E-state index in [9.17, 15) is 0 Å². The number of ether oxygens (including phenoxy) is 2. The summed E-state index contributed by atoms with van der Waals surface area (Å²) in [5.41, 5.74) is 1.05. The van der Waals surface area contributed by atoms with E-state index in [0.717, 1.165) is 12.2 Å². The van der Waals surface area contributed by atoms with Gasteiger partial charge in [-0.1, -0.05) is 12.1 Å². The third-order valence-corrected chi connectivity index (χ3v) is 3.29. The zero-order valence-electron chi connectivity index (χ0n) is 11.4. The van der Waals surface area contributed by atoms with Gasteiger partial charge in [-0.15, -0.1) is 0 Å². The molecular formula is C14H23NO2. The van der Waals surface area contributed by atoms with Gasteiger partial charge < -0.3 is 14.8 Å². The molecule has 0 spiro atoms. The minimum absolute atomic E-state index is 0.197. The van der Waals surface area contributed by atoms with E-state index in [1.807, 2.05) is 19.2 Å². The van der Waals surface area contributed by atoms with E-state index < -0.39 is 0 Å². The van der Waals surface area contributed by atoms with Crippen molar-refractivity contribution in [3.8, 4) is 5.75 Å². The van der Waals surface area contributed by atoms with Crippen LogP contribution in [0.15, 0.2) is 24.3 Å². The second-order valence-corrected chi connectivity index (χ2v) is 4.70. The summed E-state index contributed by atoms with van der Waals surface area (Å²) in [7, 11) is 5.40. The van der Waals surface area contributed by atoms with Gasteiger partial charge in [-0.3, -0.25) is 0 Å². The van der Waals surface area contributed by atoms with E-state index in [4.69, 9.17) is 9.47 Å². The van der Waals surface area contributed by atoms with E-state index in [2.05, 4.69) is 31.3 Å². The normalized spacial score (nSPS) is 13.5. The molecule has 1 unspecified atom stereocenters. The number of rotatable bonds is 6. The Labute approximate surface area is 104 Å². The summed E-state index contributed by atoms with van der Waals surface area (Å²) in [6.07, 6.45) is 0.911. The Balaban J connectivity index is 2.80. The Hall–Kier alpha value is -1.06. The van der Waals surface area contributed by atoms with Gasteiger partial charge in [0.1, 0.15) is 5.75 Å². The van der Waals surface area contributed by atoms with E-state index in [0.29, 0.717) is 0 Å². The number of hydrogen-bond acceptors (Lipinski definition) is 3. The average molecular weight is 237 g/mol. The molecule has 0 saturated heterocycles. The third-order valence-electron chi connectivity index (χ3n) is 3.29. The molecule has 0 radical (unpaired) electrons. The van der Waals surface area contributed by atoms with Gasteiger partial charge in [-0.25, -0.2) is 0 Å². The molecule has 0 saturated carbocycles. The van der Waals surface area contributed by atoms with Crippen molar-refractivity contribution in [2.75, 3.05) is 21.3 Å². The van der Waals surface area contributed by atoms with Crippen LogP contribution >= 0.6 is 0 Å². The zero-order chi connectivity index (χ0) is 12.9. The standard InChI is InChI=1S/C14H23NO2/c1-14(2,17-5)13(15-3)10-11-7-6-8-12(9-11)16-4/h6-9,13,15H,10H2,1-5H3. The molecule has 3 heteroatoms. The number of nitrogens with one attached hydrogen (secondary N) is 1. The first-order valence-electron chi connectivity index (χ1n) is 5.89. The fourth-order valence-corrected chi connectivity index (χ4v) is 1.87. The molecule has 1 aromatic rings. The van der Waals surface area contributed by atoms with Crippen molar-refractivity contribution in [2.45, 2.75) is 31.9 Å². The average Bonchev–Trinajstić information content (AvgIpc) is 2.36. The highest BCUT2D eigenvalue weighted by Gasteiger charge is 2.27. The number of likely N-dealkylation sites (N-methyl/N-ethyl adjacent to an activating group) is 1. The molecule has 1 N–H and O–H groups in total. The molecule has 0 fully saturated rings. The summed E-state index contributed by atoms with van der Waals surface area (Å²) < 4.78 is 10.8. The van der Waals surface area contributed by atoms with Crippen molar-refractivity contribution in [1.29, 1.82) is 0 Å². The van der Waals surface area contributed by atoms with Crippen LogP contribution in [-0.2, 0) is 11.2 Å². The van der Waals surface area contributed by atoms with Crippen molar-refractivity contribution < 1.29 is 9.47 Å². The van der Waals surface area contributed by atoms with Crippen LogP contribution in [0.2, 0.25) is 0 Å². The minimum Gasteiger partial charge on any atom is -0.497 e. The van der Waals surface area contributed by atoms with Crippen LogP contribution in [0, 0.1) is 0 Å². The number of benzene rings is 1. The first-order chi connectivity index (χ1) is 8.03. The quantitative estimate of drug-likeness (QED) is 0.823. The molecule has 1 aromatic carbocycles. The van der Waals surface area contributed by atoms with Crippen molar-refractivity contribution in [1.82, 2.24) is 5.32 Å². The Morgan fingerprint density at radius 2 is 2.00 bits per heavy atom. The lowest BCUT2D eigenvalue weighted by molar-refractivity contribution is -0.00798. The highest BCUT2D eigenvalue weighted by atomic mass is 16.5. The van der Waals surface area contributed by atoms with Crippen LogP contribution in [0.4, 0.5) is 0 Å². The molecule has 3 nitrogen and oxygen atoms in total. The van der Waals surface area contributed by atoms with Crippen molar-refractivity contribution in [3.63, 3.8) is 0 Å². The lowest BCUT2D eigenvalue weighted by atomic mass is 9.92. The number of hydrogen-bond donors (Lipinski definition) is 1. The van der Waals surface area contributed by atoms with Crippen LogP contribution in [0.1, 0.15) is 19.4 Å². The van der Waals surface area contributed by atoms with Crippen molar-refractivity contribution in [3.05, 3.63) is 29.8 Å². The first kappa shape index (κ1) is 14.0. The summed E-state index contributed by atoms with van der Waals surface area (Å²) in [4.78, 5) is 0. The minimum atomic E-state index is -0.197. The molecule has 1 rings (SSSR count). The van der Waals surface area contributed by atoms with Gasteiger partial charge in [-0.2, -0.15) is 0 Å². The third kappa shape index (κ3) is 3.72. The molecule has 0 aromatic heterocycles. The van der Waals surface area contributed by atoms with Crippen molar-refractivity contribution >= 4 is 0 Å². The first-order valence-corrected chi connectivity index (χ1v) is 5.89. The van der Waals surface area contributed by atoms with Gasteiger partial charge in [-0.05, 0) is 45.0 Å². The molecule has 0 aliphatic heterocycles. The van der Waals surface area contributed by atoms with Crippen molar-refractivity contribution in [2.24, 2.45) is 0 Å². The summed E-state index contributed by atoms with van der Waals surface area (Å²) in [6, 6.07) is 8.41. The fourth-order valence-electron chi connectivity index (χ4n) is 1.87. The second kappa shape index (κ2) is 6.03. The van der Waals surface area contributed by atoms with Crippen LogP contribution < -0.4 is 10.1 Å². The molecule has 0 heterocycles. The molecule has 0 aliphatic rings. The molecule has 96 valence electrons. The smallest absolute Gasteiger partial charge is 0.119 e. The van der Waals surface area contributed by atoms with Gasteiger partial charge in [0.25, 0.3) is 0 Å². The Bertz CT molecular complexity index is 350. The summed E-state index contributed by atoms with van der Waals surface area (Å²) in [6.45, 7) is 4.18. The maximum Gasteiger partial charge on any atom is 0.119 e. The predicted octanol–water partition coefficient (Wildman–Crippen LogP) is 2.25.